The number of thiazole rings is 1. The van der Waals surface area contributed by atoms with Crippen LogP contribution in [0.2, 0.25) is 10.0 Å². The topological polar surface area (TPSA) is 54.4 Å². The van der Waals surface area contributed by atoms with E-state index >= 15 is 0 Å². The molecule has 0 aliphatic carbocycles. The molecular formula is C23H14Cl2F3N3OS2. The fourth-order valence-corrected chi connectivity index (χ4v) is 5.36. The van der Waals surface area contributed by atoms with Crippen molar-refractivity contribution in [3.05, 3.63) is 81.8 Å². The maximum atomic E-state index is 13.1. The van der Waals surface area contributed by atoms with E-state index in [0.29, 0.717) is 25.6 Å². The van der Waals surface area contributed by atoms with Gasteiger partial charge in [0.2, 0.25) is 5.91 Å². The van der Waals surface area contributed by atoms with Crippen molar-refractivity contribution in [2.75, 3.05) is 11.1 Å². The monoisotopic (exact) mass is 539 g/mol. The minimum Gasteiger partial charge on any atom is -0.325 e. The predicted molar refractivity (Wildman–Crippen MR) is 134 cm³/mol. The Morgan fingerprint density at radius 1 is 1.09 bits per heavy atom. The van der Waals surface area contributed by atoms with Crippen molar-refractivity contribution in [1.29, 1.82) is 0 Å². The first-order chi connectivity index (χ1) is 16.2. The van der Waals surface area contributed by atoms with Crippen LogP contribution < -0.4 is 5.32 Å². The number of nitrogens with zero attached hydrogens (tertiary/aromatic N) is 2. The second-order valence-corrected chi connectivity index (χ2v) is 9.97. The van der Waals surface area contributed by atoms with Gasteiger partial charge in [0.25, 0.3) is 0 Å². The minimum atomic E-state index is -4.55. The van der Waals surface area contributed by atoms with E-state index in [2.05, 4.69) is 15.3 Å². The van der Waals surface area contributed by atoms with Gasteiger partial charge in [-0.05, 0) is 42.5 Å². The summed E-state index contributed by atoms with van der Waals surface area (Å²) in [5.74, 6) is -0.634. The van der Waals surface area contributed by atoms with Crippen LogP contribution in [0.15, 0.2) is 70.0 Å². The van der Waals surface area contributed by atoms with Crippen molar-refractivity contribution >= 4 is 80.0 Å². The highest BCUT2D eigenvalue weighted by molar-refractivity contribution is 8.01. The molecule has 11 heteroatoms. The standard InChI is InChI=1S/C23H14Cl2F3N3OS2/c24-16-5-3-6-17(25)14(16)11-29-13-8-9-19-20(10-13)34-22(31-19)33-12-21(32)30-18-7-2-1-4-15(18)23(26,27)28/h1-11H,12H2,(H,30,32). The van der Waals surface area contributed by atoms with Gasteiger partial charge in [-0.25, -0.2) is 4.98 Å². The van der Waals surface area contributed by atoms with Crippen LogP contribution in [0.5, 0.6) is 0 Å². The average molecular weight is 540 g/mol. The summed E-state index contributed by atoms with van der Waals surface area (Å²) in [6.07, 6.45) is -2.97. The number of para-hydroxylation sites is 1. The molecule has 4 rings (SSSR count). The smallest absolute Gasteiger partial charge is 0.325 e. The molecule has 0 unspecified atom stereocenters. The van der Waals surface area contributed by atoms with E-state index in [9.17, 15) is 18.0 Å². The van der Waals surface area contributed by atoms with Crippen LogP contribution in [0.3, 0.4) is 0 Å². The summed E-state index contributed by atoms with van der Waals surface area (Å²) < 4.78 is 40.8. The van der Waals surface area contributed by atoms with E-state index in [1.165, 1.54) is 29.5 Å². The lowest BCUT2D eigenvalue weighted by molar-refractivity contribution is -0.137. The number of benzene rings is 3. The maximum absolute atomic E-state index is 13.1. The van der Waals surface area contributed by atoms with Crippen molar-refractivity contribution in [2.45, 2.75) is 10.5 Å². The first-order valence-corrected chi connectivity index (χ1v) is 12.2. The third kappa shape index (κ3) is 5.90. The van der Waals surface area contributed by atoms with Gasteiger partial charge in [-0.1, -0.05) is 53.2 Å². The normalized spacial score (nSPS) is 11.9. The van der Waals surface area contributed by atoms with Crippen molar-refractivity contribution in [2.24, 2.45) is 4.99 Å². The fourth-order valence-electron chi connectivity index (χ4n) is 2.96. The third-order valence-electron chi connectivity index (χ3n) is 4.53. The van der Waals surface area contributed by atoms with Crippen LogP contribution in [0.1, 0.15) is 11.1 Å². The van der Waals surface area contributed by atoms with E-state index in [-0.39, 0.29) is 11.4 Å². The molecule has 0 spiro atoms. The molecule has 0 aliphatic heterocycles. The number of aliphatic imine (C=N–C) groups is 1. The summed E-state index contributed by atoms with van der Waals surface area (Å²) in [6, 6.07) is 15.5. The summed E-state index contributed by atoms with van der Waals surface area (Å²) in [5, 5.41) is 3.31. The largest absolute Gasteiger partial charge is 0.418 e. The van der Waals surface area contributed by atoms with Gasteiger partial charge in [0.15, 0.2) is 4.34 Å². The number of halogens is 5. The molecule has 0 aliphatic rings. The molecule has 0 saturated heterocycles. The highest BCUT2D eigenvalue weighted by atomic mass is 35.5. The number of aromatic nitrogens is 1. The van der Waals surface area contributed by atoms with Gasteiger partial charge in [-0.15, -0.1) is 11.3 Å². The van der Waals surface area contributed by atoms with Crippen LogP contribution >= 0.6 is 46.3 Å². The van der Waals surface area contributed by atoms with Gasteiger partial charge in [0.1, 0.15) is 0 Å². The Morgan fingerprint density at radius 3 is 2.56 bits per heavy atom. The van der Waals surface area contributed by atoms with Gasteiger partial charge in [-0.3, -0.25) is 9.79 Å². The lowest BCUT2D eigenvalue weighted by Crippen LogP contribution is -2.18. The zero-order chi connectivity index (χ0) is 24.3. The Balaban J connectivity index is 1.43. The lowest BCUT2D eigenvalue weighted by Gasteiger charge is -2.13. The van der Waals surface area contributed by atoms with Crippen LogP contribution in [-0.2, 0) is 11.0 Å². The zero-order valence-electron chi connectivity index (χ0n) is 17.1. The van der Waals surface area contributed by atoms with E-state index < -0.39 is 17.6 Å². The van der Waals surface area contributed by atoms with Crippen molar-refractivity contribution in [1.82, 2.24) is 4.98 Å². The predicted octanol–water partition coefficient (Wildman–Crippen LogP) is 8.10. The lowest BCUT2D eigenvalue weighted by atomic mass is 10.1. The second-order valence-electron chi connectivity index (χ2n) is 6.91. The minimum absolute atomic E-state index is 0.0813. The van der Waals surface area contributed by atoms with E-state index in [1.807, 2.05) is 6.07 Å². The van der Waals surface area contributed by atoms with Gasteiger partial charge in [-0.2, -0.15) is 13.2 Å². The van der Waals surface area contributed by atoms with Crippen molar-refractivity contribution in [3.63, 3.8) is 0 Å². The summed E-state index contributed by atoms with van der Waals surface area (Å²) in [5.41, 5.74) is 0.852. The number of carbonyl (C=O) groups is 1. The highest BCUT2D eigenvalue weighted by Gasteiger charge is 2.33. The Labute approximate surface area is 210 Å². The number of anilines is 1. The average Bonchev–Trinajstić information content (AvgIpc) is 3.19. The fraction of sp³-hybridized carbons (Fsp3) is 0.0870. The molecule has 1 heterocycles. The van der Waals surface area contributed by atoms with Crippen molar-refractivity contribution < 1.29 is 18.0 Å². The van der Waals surface area contributed by atoms with Crippen LogP contribution in [0.4, 0.5) is 24.5 Å². The quantitative estimate of drug-likeness (QED) is 0.199. The molecular weight excluding hydrogens is 526 g/mol. The number of thioether (sulfide) groups is 1. The number of alkyl halides is 3. The Kier molecular flexibility index (Phi) is 7.47. The van der Waals surface area contributed by atoms with Crippen molar-refractivity contribution in [3.8, 4) is 0 Å². The molecule has 174 valence electrons. The SMILES string of the molecule is O=C(CSc1nc2ccc(N=Cc3c(Cl)cccc3Cl)cc2s1)Nc1ccccc1C(F)(F)F. The van der Waals surface area contributed by atoms with Gasteiger partial charge < -0.3 is 5.32 Å². The number of rotatable bonds is 6. The van der Waals surface area contributed by atoms with E-state index in [4.69, 9.17) is 23.2 Å². The number of amides is 1. The maximum Gasteiger partial charge on any atom is 0.418 e. The molecule has 3 aromatic carbocycles. The first-order valence-electron chi connectivity index (χ1n) is 9.68. The molecule has 4 aromatic rings. The van der Waals surface area contributed by atoms with Gasteiger partial charge in [0, 0.05) is 11.8 Å². The summed E-state index contributed by atoms with van der Waals surface area (Å²) in [7, 11) is 0. The number of nitrogens with one attached hydrogen (secondary N) is 1. The summed E-state index contributed by atoms with van der Waals surface area (Å²) >= 11 is 14.8. The van der Waals surface area contributed by atoms with Gasteiger partial charge >= 0.3 is 6.18 Å². The molecule has 1 N–H and O–H groups in total. The molecule has 4 nitrogen and oxygen atoms in total. The van der Waals surface area contributed by atoms with E-state index in [0.717, 1.165) is 28.0 Å². The van der Waals surface area contributed by atoms with Gasteiger partial charge in [0.05, 0.1) is 43.0 Å². The summed E-state index contributed by atoms with van der Waals surface area (Å²) in [6.45, 7) is 0. The number of hydrogen-bond acceptors (Lipinski definition) is 5. The van der Waals surface area contributed by atoms with Crippen LogP contribution in [-0.4, -0.2) is 22.9 Å². The Hall–Kier alpha value is -2.59. The van der Waals surface area contributed by atoms with Crippen LogP contribution in [0, 0.1) is 0 Å². The number of hydrogen-bond donors (Lipinski definition) is 1. The molecule has 0 radical (unpaired) electrons. The Morgan fingerprint density at radius 2 is 1.82 bits per heavy atom. The molecule has 34 heavy (non-hydrogen) atoms. The Bertz CT molecular complexity index is 1370. The summed E-state index contributed by atoms with van der Waals surface area (Å²) in [4.78, 5) is 21.1. The number of fused-ring (bicyclic) bond motifs is 1. The molecule has 0 fully saturated rings. The second kappa shape index (κ2) is 10.4. The zero-order valence-corrected chi connectivity index (χ0v) is 20.2. The van der Waals surface area contributed by atoms with Crippen LogP contribution in [0.25, 0.3) is 10.2 Å². The van der Waals surface area contributed by atoms with E-state index in [1.54, 1.807) is 36.5 Å². The molecule has 0 saturated carbocycles. The highest BCUT2D eigenvalue weighted by Crippen LogP contribution is 2.35. The number of carbonyl (C=O) groups excluding carboxylic acids is 1. The molecule has 0 atom stereocenters. The third-order valence-corrected chi connectivity index (χ3v) is 7.35. The molecule has 0 bridgehead atoms. The molecule has 1 aromatic heterocycles. The first kappa shape index (κ1) is 24.5. The molecule has 1 amide bonds.